The van der Waals surface area contributed by atoms with Gasteiger partial charge in [0.25, 0.3) is 0 Å². The first-order valence-electron chi connectivity index (χ1n) is 8.86. The average molecular weight is 372 g/mol. The number of carbonyl (C=O) groups excluding carboxylic acids is 1. The SMILES string of the molecule is COC(=O)CC1NNC2OC(N)=C(C#N)C(c3ccccc3OC(C)C)C12. The molecule has 1 saturated heterocycles. The van der Waals surface area contributed by atoms with E-state index < -0.39 is 6.23 Å². The Balaban J connectivity index is 2.07. The molecule has 1 aromatic rings. The molecule has 4 atom stereocenters. The number of hydrogen-bond donors (Lipinski definition) is 3. The van der Waals surface area contributed by atoms with Crippen LogP contribution in [0.5, 0.6) is 5.75 Å². The Kier molecular flexibility index (Phi) is 5.54. The van der Waals surface area contributed by atoms with Crippen LogP contribution in [0.15, 0.2) is 35.7 Å². The fraction of sp³-hybridized carbons (Fsp3) is 0.474. The molecule has 27 heavy (non-hydrogen) atoms. The van der Waals surface area contributed by atoms with E-state index in [1.165, 1.54) is 7.11 Å². The van der Waals surface area contributed by atoms with Gasteiger partial charge in [0.2, 0.25) is 5.88 Å². The standard InChI is InChI=1S/C19H24N4O4/c1-10(2)26-14-7-5-4-6-11(14)16-12(9-20)18(21)27-19-17(16)13(22-23-19)8-15(24)25-3/h4-7,10,13,16-17,19,22-23H,8,21H2,1-3H3. The monoisotopic (exact) mass is 372 g/mol. The Labute approximate surface area is 158 Å². The summed E-state index contributed by atoms with van der Waals surface area (Å²) in [7, 11) is 1.35. The molecule has 1 fully saturated rings. The van der Waals surface area contributed by atoms with E-state index in [4.69, 9.17) is 19.9 Å². The Morgan fingerprint density at radius 1 is 1.37 bits per heavy atom. The molecule has 4 unspecified atom stereocenters. The number of benzene rings is 1. The minimum Gasteiger partial charge on any atom is -0.491 e. The lowest BCUT2D eigenvalue weighted by molar-refractivity contribution is -0.141. The second-order valence-corrected chi connectivity index (χ2v) is 6.86. The molecular formula is C19H24N4O4. The molecule has 2 aliphatic heterocycles. The molecule has 0 spiro atoms. The maximum atomic E-state index is 11.9. The molecule has 144 valence electrons. The van der Waals surface area contributed by atoms with Gasteiger partial charge in [-0.1, -0.05) is 18.2 Å². The predicted octanol–water partition coefficient (Wildman–Crippen LogP) is 1.26. The lowest BCUT2D eigenvalue weighted by Crippen LogP contribution is -2.42. The van der Waals surface area contributed by atoms with Crippen LogP contribution in [0.1, 0.15) is 31.7 Å². The number of nitrogens with zero attached hydrogens (tertiary/aromatic N) is 1. The van der Waals surface area contributed by atoms with Crippen molar-refractivity contribution < 1.29 is 19.0 Å². The highest BCUT2D eigenvalue weighted by Gasteiger charge is 2.50. The predicted molar refractivity (Wildman–Crippen MR) is 96.8 cm³/mol. The van der Waals surface area contributed by atoms with Crippen molar-refractivity contribution in [1.29, 1.82) is 5.26 Å². The number of fused-ring (bicyclic) bond motifs is 1. The Bertz CT molecular complexity index is 786. The lowest BCUT2D eigenvalue weighted by atomic mass is 9.74. The number of esters is 1. The molecule has 0 bridgehead atoms. The number of nitrogens with one attached hydrogen (secondary N) is 2. The van der Waals surface area contributed by atoms with Gasteiger partial charge in [0.15, 0.2) is 6.23 Å². The summed E-state index contributed by atoms with van der Waals surface area (Å²) in [6.07, 6.45) is -0.371. The van der Waals surface area contributed by atoms with Crippen molar-refractivity contribution in [3.8, 4) is 11.8 Å². The van der Waals surface area contributed by atoms with Gasteiger partial charge >= 0.3 is 5.97 Å². The van der Waals surface area contributed by atoms with Gasteiger partial charge in [0, 0.05) is 23.4 Å². The summed E-state index contributed by atoms with van der Waals surface area (Å²) in [5.41, 5.74) is 13.3. The van der Waals surface area contributed by atoms with Crippen molar-refractivity contribution in [3.05, 3.63) is 41.3 Å². The van der Waals surface area contributed by atoms with E-state index in [2.05, 4.69) is 16.9 Å². The van der Waals surface area contributed by atoms with E-state index in [1.54, 1.807) is 0 Å². The van der Waals surface area contributed by atoms with E-state index >= 15 is 0 Å². The summed E-state index contributed by atoms with van der Waals surface area (Å²) in [4.78, 5) is 11.9. The third-order valence-electron chi connectivity index (χ3n) is 4.79. The number of methoxy groups -OCH3 is 1. The third kappa shape index (κ3) is 3.70. The second kappa shape index (κ2) is 7.86. The number of ether oxygens (including phenoxy) is 3. The zero-order valence-electron chi connectivity index (χ0n) is 15.6. The van der Waals surface area contributed by atoms with Crippen molar-refractivity contribution in [2.75, 3.05) is 7.11 Å². The van der Waals surface area contributed by atoms with E-state index in [0.717, 1.165) is 5.56 Å². The fourth-order valence-corrected chi connectivity index (χ4v) is 3.69. The molecule has 0 aromatic heterocycles. The van der Waals surface area contributed by atoms with E-state index in [-0.39, 0.29) is 42.3 Å². The summed E-state index contributed by atoms with van der Waals surface area (Å²) < 4.78 is 16.5. The van der Waals surface area contributed by atoms with Gasteiger partial charge < -0.3 is 19.9 Å². The van der Waals surface area contributed by atoms with Crippen LogP contribution in [0.25, 0.3) is 0 Å². The Morgan fingerprint density at radius 3 is 2.78 bits per heavy atom. The molecule has 0 radical (unpaired) electrons. The molecule has 2 heterocycles. The van der Waals surface area contributed by atoms with Gasteiger partial charge in [-0.3, -0.25) is 10.2 Å². The fourth-order valence-electron chi connectivity index (χ4n) is 3.69. The van der Waals surface area contributed by atoms with Crippen LogP contribution in [-0.4, -0.2) is 31.5 Å². The summed E-state index contributed by atoms with van der Waals surface area (Å²) in [6.45, 7) is 3.88. The van der Waals surface area contributed by atoms with Crippen molar-refractivity contribution in [1.82, 2.24) is 10.9 Å². The van der Waals surface area contributed by atoms with Gasteiger partial charge in [-0.25, -0.2) is 5.43 Å². The maximum absolute atomic E-state index is 11.9. The number of allylic oxidation sites excluding steroid dienone is 1. The molecule has 1 aromatic carbocycles. The molecule has 0 saturated carbocycles. The maximum Gasteiger partial charge on any atom is 0.307 e. The lowest BCUT2D eigenvalue weighted by Gasteiger charge is -2.36. The quantitative estimate of drug-likeness (QED) is 0.661. The number of para-hydroxylation sites is 1. The first kappa shape index (κ1) is 19.0. The zero-order chi connectivity index (χ0) is 19.6. The van der Waals surface area contributed by atoms with Gasteiger partial charge in [-0.05, 0) is 19.9 Å². The van der Waals surface area contributed by atoms with Crippen molar-refractivity contribution >= 4 is 5.97 Å². The van der Waals surface area contributed by atoms with Gasteiger partial charge in [-0.2, -0.15) is 5.26 Å². The molecule has 0 amide bonds. The first-order valence-corrected chi connectivity index (χ1v) is 8.86. The van der Waals surface area contributed by atoms with Crippen LogP contribution < -0.4 is 21.3 Å². The minimum atomic E-state index is -0.478. The van der Waals surface area contributed by atoms with Crippen LogP contribution in [0.3, 0.4) is 0 Å². The Hall–Kier alpha value is -2.76. The molecule has 3 rings (SSSR count). The second-order valence-electron chi connectivity index (χ2n) is 6.86. The number of nitriles is 1. The highest BCUT2D eigenvalue weighted by atomic mass is 16.5. The third-order valence-corrected chi connectivity index (χ3v) is 4.79. The van der Waals surface area contributed by atoms with Gasteiger partial charge in [0.05, 0.1) is 25.2 Å². The number of hydrazine groups is 1. The van der Waals surface area contributed by atoms with Crippen LogP contribution in [0, 0.1) is 17.2 Å². The van der Waals surface area contributed by atoms with E-state index in [9.17, 15) is 10.1 Å². The topological polar surface area (TPSA) is 119 Å². The molecule has 4 N–H and O–H groups in total. The smallest absolute Gasteiger partial charge is 0.307 e. The largest absolute Gasteiger partial charge is 0.491 e. The highest BCUT2D eigenvalue weighted by Crippen LogP contribution is 2.46. The van der Waals surface area contributed by atoms with Crippen LogP contribution in [0.2, 0.25) is 0 Å². The summed E-state index contributed by atoms with van der Waals surface area (Å²) >= 11 is 0. The number of carbonyl (C=O) groups is 1. The number of hydrogen-bond acceptors (Lipinski definition) is 8. The summed E-state index contributed by atoms with van der Waals surface area (Å²) in [5.74, 6) is -0.219. The van der Waals surface area contributed by atoms with E-state index in [1.807, 2.05) is 38.1 Å². The summed E-state index contributed by atoms with van der Waals surface area (Å²) in [6, 6.07) is 9.46. The molecular weight excluding hydrogens is 348 g/mol. The minimum absolute atomic E-state index is 0.0284. The van der Waals surface area contributed by atoms with Gasteiger partial charge in [0.1, 0.15) is 11.8 Å². The van der Waals surface area contributed by atoms with Crippen molar-refractivity contribution in [2.24, 2.45) is 11.7 Å². The first-order chi connectivity index (χ1) is 13.0. The van der Waals surface area contributed by atoms with Crippen molar-refractivity contribution in [2.45, 2.75) is 44.6 Å². The normalized spacial score (nSPS) is 26.9. The summed E-state index contributed by atoms with van der Waals surface area (Å²) in [5, 5.41) is 9.76. The van der Waals surface area contributed by atoms with Crippen molar-refractivity contribution in [3.63, 3.8) is 0 Å². The Morgan fingerprint density at radius 2 is 2.11 bits per heavy atom. The highest BCUT2D eigenvalue weighted by molar-refractivity contribution is 5.70. The van der Waals surface area contributed by atoms with Crippen LogP contribution in [0.4, 0.5) is 0 Å². The number of rotatable bonds is 5. The molecule has 8 heteroatoms. The van der Waals surface area contributed by atoms with Crippen LogP contribution in [-0.2, 0) is 14.3 Å². The molecule has 8 nitrogen and oxygen atoms in total. The molecule has 2 aliphatic rings. The molecule has 0 aliphatic carbocycles. The van der Waals surface area contributed by atoms with E-state index in [0.29, 0.717) is 11.3 Å². The van der Waals surface area contributed by atoms with Gasteiger partial charge in [-0.15, -0.1) is 0 Å². The average Bonchev–Trinajstić information content (AvgIpc) is 3.02. The van der Waals surface area contributed by atoms with Crippen LogP contribution >= 0.6 is 0 Å². The number of nitrogens with two attached hydrogens (primary N) is 1. The zero-order valence-corrected chi connectivity index (χ0v) is 15.6.